The Hall–Kier alpha value is -1.95. The molecule has 28 heavy (non-hydrogen) atoms. The molecule has 8 nitrogen and oxygen atoms in total. The van der Waals surface area contributed by atoms with E-state index in [1.165, 1.54) is 23.5 Å². The summed E-state index contributed by atoms with van der Waals surface area (Å²) in [4.78, 5) is 14.4. The van der Waals surface area contributed by atoms with Gasteiger partial charge in [-0.05, 0) is 42.5 Å². The number of carbonyl (C=O) groups excluding carboxylic acids is 1. The van der Waals surface area contributed by atoms with E-state index in [0.29, 0.717) is 36.5 Å². The summed E-state index contributed by atoms with van der Waals surface area (Å²) < 4.78 is 47.5. The predicted octanol–water partition coefficient (Wildman–Crippen LogP) is 1.20. The number of anilines is 1. The molecule has 1 aliphatic rings. The molecule has 1 fully saturated rings. The van der Waals surface area contributed by atoms with Gasteiger partial charge in [0.1, 0.15) is 0 Å². The van der Waals surface area contributed by atoms with Gasteiger partial charge in [-0.1, -0.05) is 6.07 Å². The molecule has 0 radical (unpaired) electrons. The molecule has 2 heterocycles. The van der Waals surface area contributed by atoms with Crippen molar-refractivity contribution in [2.75, 3.05) is 24.2 Å². The maximum absolute atomic E-state index is 12.2. The third kappa shape index (κ3) is 4.72. The topological polar surface area (TPSA) is 127 Å². The van der Waals surface area contributed by atoms with Crippen LogP contribution in [0.2, 0.25) is 0 Å². The first-order valence-corrected chi connectivity index (χ1v) is 12.8. The number of sulfonamides is 1. The van der Waals surface area contributed by atoms with Crippen molar-refractivity contribution < 1.29 is 21.6 Å². The lowest BCUT2D eigenvalue weighted by atomic mass is 10.0. The number of primary sulfonamides is 1. The lowest BCUT2D eigenvalue weighted by Gasteiger charge is -2.34. The molecule has 1 aliphatic heterocycles. The van der Waals surface area contributed by atoms with Crippen LogP contribution < -0.4 is 15.4 Å². The van der Waals surface area contributed by atoms with E-state index in [2.05, 4.69) is 5.32 Å². The standard InChI is InChI=1S/C17H21N3O5S3/c1-27(22,23)16-11-13(28(18,24)25)4-5-14(16)20-8-6-12(7-9-20)19-17(21)15-3-2-10-26-15/h2-5,10-12H,6-9H2,1H3,(H,19,21)(H2,18,24,25). The molecule has 0 saturated carbocycles. The highest BCUT2D eigenvalue weighted by Gasteiger charge is 2.26. The fraction of sp³-hybridized carbons (Fsp3) is 0.353. The van der Waals surface area contributed by atoms with Gasteiger partial charge in [0.25, 0.3) is 5.91 Å². The molecule has 1 amide bonds. The highest BCUT2D eigenvalue weighted by Crippen LogP contribution is 2.30. The normalized spacial score (nSPS) is 16.1. The lowest BCUT2D eigenvalue weighted by molar-refractivity contribution is 0.0935. The molecule has 0 aliphatic carbocycles. The second-order valence-electron chi connectivity index (χ2n) is 6.66. The number of sulfone groups is 1. The lowest BCUT2D eigenvalue weighted by Crippen LogP contribution is -2.44. The van der Waals surface area contributed by atoms with Crippen molar-refractivity contribution in [1.82, 2.24) is 5.32 Å². The molecule has 2 aromatic rings. The van der Waals surface area contributed by atoms with Crippen LogP contribution in [0.1, 0.15) is 22.5 Å². The number of thiophene rings is 1. The summed E-state index contributed by atoms with van der Waals surface area (Å²) in [5, 5.41) is 9.97. The molecule has 0 bridgehead atoms. The average molecular weight is 444 g/mol. The number of nitrogens with zero attached hydrogens (tertiary/aromatic N) is 1. The van der Waals surface area contributed by atoms with Gasteiger partial charge in [-0.3, -0.25) is 4.79 Å². The number of amides is 1. The highest BCUT2D eigenvalue weighted by atomic mass is 32.2. The third-order valence-corrected chi connectivity index (χ3v) is 7.48. The number of piperidine rings is 1. The molecule has 3 N–H and O–H groups in total. The largest absolute Gasteiger partial charge is 0.370 e. The van der Waals surface area contributed by atoms with Crippen LogP contribution in [0.15, 0.2) is 45.5 Å². The van der Waals surface area contributed by atoms with Gasteiger partial charge < -0.3 is 10.2 Å². The Labute approximate surface area is 168 Å². The highest BCUT2D eigenvalue weighted by molar-refractivity contribution is 7.91. The van der Waals surface area contributed by atoms with Crippen molar-refractivity contribution in [2.45, 2.75) is 28.7 Å². The Morgan fingerprint density at radius 3 is 2.39 bits per heavy atom. The van der Waals surface area contributed by atoms with Gasteiger partial charge in [-0.15, -0.1) is 11.3 Å². The molecule has 1 aromatic carbocycles. The summed E-state index contributed by atoms with van der Waals surface area (Å²) in [6.07, 6.45) is 2.33. The molecule has 3 rings (SSSR count). The number of benzene rings is 1. The Morgan fingerprint density at radius 2 is 1.86 bits per heavy atom. The average Bonchev–Trinajstić information content (AvgIpc) is 3.15. The fourth-order valence-corrected chi connectivity index (χ4v) is 5.32. The first-order valence-electron chi connectivity index (χ1n) is 8.52. The Morgan fingerprint density at radius 1 is 1.18 bits per heavy atom. The summed E-state index contributed by atoms with van der Waals surface area (Å²) in [6.45, 7) is 1.07. The number of carbonyl (C=O) groups is 1. The van der Waals surface area contributed by atoms with E-state index in [-0.39, 0.29) is 21.7 Å². The second-order valence-corrected chi connectivity index (χ2v) is 11.2. The SMILES string of the molecule is CS(=O)(=O)c1cc(S(N)(=O)=O)ccc1N1CCC(NC(=O)c2cccs2)CC1. The Bertz CT molecular complexity index is 1070. The number of nitrogens with one attached hydrogen (secondary N) is 1. The predicted molar refractivity (Wildman–Crippen MR) is 108 cm³/mol. The van der Waals surface area contributed by atoms with Crippen LogP contribution >= 0.6 is 11.3 Å². The maximum Gasteiger partial charge on any atom is 0.261 e. The van der Waals surface area contributed by atoms with Gasteiger partial charge in [-0.25, -0.2) is 22.0 Å². The van der Waals surface area contributed by atoms with Crippen LogP contribution in [-0.2, 0) is 19.9 Å². The maximum atomic E-state index is 12.2. The zero-order valence-corrected chi connectivity index (χ0v) is 17.6. The summed E-state index contributed by atoms with van der Waals surface area (Å²) in [5.74, 6) is -0.109. The van der Waals surface area contributed by atoms with Crippen LogP contribution in [0, 0.1) is 0 Å². The molecular formula is C17H21N3O5S3. The zero-order valence-electron chi connectivity index (χ0n) is 15.2. The number of rotatable bonds is 5. The van der Waals surface area contributed by atoms with Gasteiger partial charge in [0.15, 0.2) is 9.84 Å². The van der Waals surface area contributed by atoms with Crippen LogP contribution in [0.5, 0.6) is 0 Å². The molecule has 11 heteroatoms. The molecule has 0 atom stereocenters. The molecular weight excluding hydrogens is 422 g/mol. The van der Waals surface area contributed by atoms with Gasteiger partial charge >= 0.3 is 0 Å². The van der Waals surface area contributed by atoms with Crippen molar-refractivity contribution in [1.29, 1.82) is 0 Å². The second kappa shape index (κ2) is 7.82. The quantitative estimate of drug-likeness (QED) is 0.715. The molecule has 152 valence electrons. The molecule has 1 aromatic heterocycles. The fourth-order valence-electron chi connectivity index (χ4n) is 3.16. The third-order valence-electron chi connectivity index (χ3n) is 4.58. The minimum absolute atomic E-state index is 0.00349. The molecule has 0 spiro atoms. The van der Waals surface area contributed by atoms with Crippen molar-refractivity contribution in [2.24, 2.45) is 5.14 Å². The Balaban J connectivity index is 1.76. The van der Waals surface area contributed by atoms with Gasteiger partial charge in [-0.2, -0.15) is 0 Å². The van der Waals surface area contributed by atoms with E-state index in [9.17, 15) is 21.6 Å². The van der Waals surface area contributed by atoms with Crippen LogP contribution in [-0.4, -0.2) is 48.1 Å². The minimum atomic E-state index is -4.01. The molecule has 1 saturated heterocycles. The first kappa shape index (κ1) is 20.8. The van der Waals surface area contributed by atoms with Crippen molar-refractivity contribution >= 4 is 42.8 Å². The van der Waals surface area contributed by atoms with E-state index < -0.39 is 19.9 Å². The smallest absolute Gasteiger partial charge is 0.261 e. The first-order chi connectivity index (χ1) is 13.1. The van der Waals surface area contributed by atoms with Crippen molar-refractivity contribution in [3.8, 4) is 0 Å². The Kier molecular flexibility index (Phi) is 5.80. The number of hydrogen-bond acceptors (Lipinski definition) is 7. The summed E-state index contributed by atoms with van der Waals surface area (Å²) in [5.41, 5.74) is 0.443. The summed E-state index contributed by atoms with van der Waals surface area (Å²) >= 11 is 1.38. The number of hydrogen-bond donors (Lipinski definition) is 2. The number of nitrogens with two attached hydrogens (primary N) is 1. The minimum Gasteiger partial charge on any atom is -0.370 e. The van der Waals surface area contributed by atoms with Crippen molar-refractivity contribution in [3.05, 3.63) is 40.6 Å². The van der Waals surface area contributed by atoms with Crippen LogP contribution in [0.25, 0.3) is 0 Å². The van der Waals surface area contributed by atoms with E-state index in [4.69, 9.17) is 5.14 Å². The zero-order chi connectivity index (χ0) is 20.5. The van der Waals surface area contributed by atoms with E-state index >= 15 is 0 Å². The van der Waals surface area contributed by atoms with Gasteiger partial charge in [0.2, 0.25) is 10.0 Å². The van der Waals surface area contributed by atoms with E-state index in [0.717, 1.165) is 12.3 Å². The van der Waals surface area contributed by atoms with Crippen LogP contribution in [0.4, 0.5) is 5.69 Å². The monoisotopic (exact) mass is 443 g/mol. The summed E-state index contributed by atoms with van der Waals surface area (Å²) in [7, 11) is -7.66. The molecule has 0 unspecified atom stereocenters. The van der Waals surface area contributed by atoms with E-state index in [1.807, 2.05) is 16.3 Å². The summed E-state index contributed by atoms with van der Waals surface area (Å²) in [6, 6.07) is 7.46. The van der Waals surface area contributed by atoms with E-state index in [1.54, 1.807) is 6.07 Å². The van der Waals surface area contributed by atoms with Gasteiger partial charge in [0, 0.05) is 25.4 Å². The van der Waals surface area contributed by atoms with Gasteiger partial charge in [0.05, 0.1) is 20.4 Å². The van der Waals surface area contributed by atoms with Crippen LogP contribution in [0.3, 0.4) is 0 Å². The van der Waals surface area contributed by atoms with Crippen molar-refractivity contribution in [3.63, 3.8) is 0 Å².